The average Bonchev–Trinajstić information content (AvgIpc) is 3.12. The number of hydrogen-bond acceptors (Lipinski definition) is 19. The van der Waals surface area contributed by atoms with Gasteiger partial charge in [-0.3, -0.25) is 0 Å². The van der Waals surface area contributed by atoms with Gasteiger partial charge in [0.15, 0.2) is 41.9 Å². The Kier molecular flexibility index (Phi) is 13.5. The van der Waals surface area contributed by atoms with E-state index >= 15 is 0 Å². The van der Waals surface area contributed by atoms with E-state index in [1.807, 2.05) is 0 Å². The summed E-state index contributed by atoms with van der Waals surface area (Å²) in [4.78, 5) is 12.6. The summed E-state index contributed by atoms with van der Waals surface area (Å²) in [6.07, 6.45) is -20.1. The molecule has 0 aromatic heterocycles. The Balaban J connectivity index is 1.32. The molecule has 2 aromatic carbocycles. The van der Waals surface area contributed by atoms with Crippen LogP contribution in [-0.4, -0.2) is 168 Å². The average molecular weight is 757 g/mol. The summed E-state index contributed by atoms with van der Waals surface area (Å²) in [7, 11) is 0. The summed E-state index contributed by atoms with van der Waals surface area (Å²) >= 11 is 0. The van der Waals surface area contributed by atoms with Gasteiger partial charge in [0.1, 0.15) is 67.6 Å². The number of hydrogen-bond donors (Lipinski definition) is 11. The van der Waals surface area contributed by atoms with Crippen molar-refractivity contribution < 1.29 is 94.1 Å². The number of ether oxygens (including phenoxy) is 7. The van der Waals surface area contributed by atoms with Crippen LogP contribution in [0.2, 0.25) is 0 Å². The van der Waals surface area contributed by atoms with Crippen LogP contribution < -0.4 is 0 Å². The second-order valence-electron chi connectivity index (χ2n) is 12.8. The number of aliphatic hydroxyl groups is 7. The van der Waals surface area contributed by atoms with Crippen molar-refractivity contribution in [3.05, 3.63) is 53.6 Å². The first-order valence-electron chi connectivity index (χ1n) is 16.6. The first-order chi connectivity index (χ1) is 25.1. The zero-order valence-corrected chi connectivity index (χ0v) is 28.2. The summed E-state index contributed by atoms with van der Waals surface area (Å²) in [5.41, 5.74) is 0.889. The Morgan fingerprint density at radius 2 is 1.42 bits per heavy atom. The summed E-state index contributed by atoms with van der Waals surface area (Å²) in [6, 6.07) is 7.93. The molecule has 19 heteroatoms. The Bertz CT molecular complexity index is 1560. The normalized spacial score (nSPS) is 36.4. The topological polar surface area (TPSA) is 304 Å². The lowest BCUT2D eigenvalue weighted by Crippen LogP contribution is -2.66. The molecule has 19 nitrogen and oxygen atoms in total. The highest BCUT2D eigenvalue weighted by Crippen LogP contribution is 2.33. The van der Waals surface area contributed by atoms with E-state index in [9.17, 15) is 61.0 Å². The Morgan fingerprint density at radius 3 is 2.11 bits per heavy atom. The van der Waals surface area contributed by atoms with E-state index in [2.05, 4.69) is 0 Å². The van der Waals surface area contributed by atoms with Crippen LogP contribution in [0.5, 0.6) is 23.0 Å². The lowest BCUT2D eigenvalue weighted by molar-refractivity contribution is -0.381. The zero-order valence-electron chi connectivity index (χ0n) is 28.2. The Morgan fingerprint density at radius 1 is 0.736 bits per heavy atom. The maximum atomic E-state index is 12.6. The molecular formula is C34H44O19. The number of benzene rings is 2. The van der Waals surface area contributed by atoms with Crippen LogP contribution >= 0.6 is 0 Å². The number of aliphatic hydroxyl groups excluding tert-OH is 7. The largest absolute Gasteiger partial charge is 0.504 e. The molecule has 0 aliphatic carbocycles. The first kappa shape index (κ1) is 40.5. The molecule has 2 aromatic rings. The van der Waals surface area contributed by atoms with E-state index < -0.39 is 111 Å². The molecular weight excluding hydrogens is 712 g/mol. The maximum absolute atomic E-state index is 12.6. The smallest absolute Gasteiger partial charge is 0.330 e. The number of phenols is 4. The zero-order chi connectivity index (χ0) is 38.6. The fourth-order valence-corrected chi connectivity index (χ4v) is 5.84. The third-order valence-electron chi connectivity index (χ3n) is 8.98. The number of carbonyl (C=O) groups excluding carboxylic acids is 1. The highest BCUT2D eigenvalue weighted by molar-refractivity contribution is 5.87. The molecule has 0 amide bonds. The predicted molar refractivity (Wildman–Crippen MR) is 174 cm³/mol. The van der Waals surface area contributed by atoms with E-state index in [0.29, 0.717) is 11.1 Å². The fraction of sp³-hybridized carbons (Fsp3) is 0.559. The van der Waals surface area contributed by atoms with Gasteiger partial charge in [0.25, 0.3) is 0 Å². The van der Waals surface area contributed by atoms with Gasteiger partial charge in [0.2, 0.25) is 0 Å². The SMILES string of the molecule is C[C@H]1O[C@H](O[C@@H]2[C@@H](O)[C@H](OCCc3ccc(O)c(O)c3)O[C@H](COC(=O)C=Cc3ccc(O)c(O)c3)[C@H]2O)[C@H](O[C@@H]2OC[C@@H](O)[C@H](O)[C@H]2O)[C@@H](O)[C@@H]1O. The van der Waals surface area contributed by atoms with E-state index in [4.69, 9.17) is 33.2 Å². The van der Waals surface area contributed by atoms with Crippen molar-refractivity contribution in [1.29, 1.82) is 0 Å². The predicted octanol–water partition coefficient (Wildman–Crippen LogP) is -2.55. The molecule has 3 aliphatic heterocycles. The standard InChI is InChI=1S/C34H44O19/c1-14-24(41)27(44)31(53-32-28(45)25(42)21(39)12-49-32)34(50-14)52-30-26(43)22(13-48-23(40)7-4-15-2-5-17(35)19(37)10-15)51-33(29(30)46)47-9-8-16-3-6-18(36)20(38)11-16/h2-7,10-11,14,21-22,24-39,41-46H,8-9,12-13H2,1H3/t14-,21-,22-,24-,25+,26-,27+,28-,29-,30+,31-,32+,33-,34-/m1/s1. The molecule has 5 rings (SSSR count). The van der Waals surface area contributed by atoms with Crippen molar-refractivity contribution in [3.63, 3.8) is 0 Å². The molecule has 14 atom stereocenters. The third kappa shape index (κ3) is 9.72. The van der Waals surface area contributed by atoms with Crippen molar-refractivity contribution in [2.75, 3.05) is 19.8 Å². The summed E-state index contributed by atoms with van der Waals surface area (Å²) in [6.45, 7) is 0.188. The van der Waals surface area contributed by atoms with Gasteiger partial charge in [0.05, 0.1) is 19.3 Å². The minimum absolute atomic E-state index is 0.137. The molecule has 53 heavy (non-hydrogen) atoms. The molecule has 3 aliphatic rings. The molecule has 294 valence electrons. The Hall–Kier alpha value is -3.67. The van der Waals surface area contributed by atoms with Gasteiger partial charge in [-0.1, -0.05) is 12.1 Å². The number of carbonyl (C=O) groups is 1. The highest BCUT2D eigenvalue weighted by atomic mass is 16.8. The van der Waals surface area contributed by atoms with Crippen molar-refractivity contribution in [3.8, 4) is 23.0 Å². The second kappa shape index (κ2) is 17.6. The summed E-state index contributed by atoms with van der Waals surface area (Å²) in [5, 5.41) is 113. The van der Waals surface area contributed by atoms with Crippen molar-refractivity contribution in [2.24, 2.45) is 0 Å². The Labute approximate surface area is 302 Å². The quantitative estimate of drug-likeness (QED) is 0.0603. The number of aromatic hydroxyl groups is 4. The fourth-order valence-electron chi connectivity index (χ4n) is 5.84. The first-order valence-corrected chi connectivity index (χ1v) is 16.6. The van der Waals surface area contributed by atoms with E-state index in [1.54, 1.807) is 0 Å². The van der Waals surface area contributed by atoms with Gasteiger partial charge < -0.3 is 89.3 Å². The van der Waals surface area contributed by atoms with Crippen LogP contribution in [0, 0.1) is 0 Å². The van der Waals surface area contributed by atoms with E-state index in [-0.39, 0.29) is 30.3 Å². The minimum atomic E-state index is -1.80. The monoisotopic (exact) mass is 756 g/mol. The number of esters is 1. The van der Waals surface area contributed by atoms with E-state index in [1.165, 1.54) is 49.4 Å². The van der Waals surface area contributed by atoms with Gasteiger partial charge in [-0.15, -0.1) is 0 Å². The van der Waals surface area contributed by atoms with Crippen LogP contribution in [-0.2, 0) is 44.4 Å². The van der Waals surface area contributed by atoms with Crippen LogP contribution in [0.25, 0.3) is 6.08 Å². The minimum Gasteiger partial charge on any atom is -0.504 e. The van der Waals surface area contributed by atoms with Crippen molar-refractivity contribution in [1.82, 2.24) is 0 Å². The maximum Gasteiger partial charge on any atom is 0.330 e. The van der Waals surface area contributed by atoms with Crippen LogP contribution in [0.1, 0.15) is 18.1 Å². The molecule has 3 saturated heterocycles. The van der Waals surface area contributed by atoms with Crippen LogP contribution in [0.15, 0.2) is 42.5 Å². The molecule has 0 radical (unpaired) electrons. The van der Waals surface area contributed by atoms with Gasteiger partial charge in [-0.25, -0.2) is 4.79 Å². The number of phenolic OH excluding ortho intramolecular Hbond substituents is 4. The molecule has 11 N–H and O–H groups in total. The molecule has 0 saturated carbocycles. The lowest BCUT2D eigenvalue weighted by Gasteiger charge is -2.47. The van der Waals surface area contributed by atoms with E-state index in [0.717, 1.165) is 6.08 Å². The second-order valence-corrected chi connectivity index (χ2v) is 12.8. The molecule has 0 spiro atoms. The molecule has 0 bridgehead atoms. The third-order valence-corrected chi connectivity index (χ3v) is 8.98. The lowest BCUT2D eigenvalue weighted by atomic mass is 9.97. The summed E-state index contributed by atoms with van der Waals surface area (Å²) in [5.74, 6) is -2.38. The number of rotatable bonds is 12. The van der Waals surface area contributed by atoms with Gasteiger partial charge in [0, 0.05) is 6.08 Å². The molecule has 3 heterocycles. The summed E-state index contributed by atoms with van der Waals surface area (Å²) < 4.78 is 39.5. The highest BCUT2D eigenvalue weighted by Gasteiger charge is 2.53. The van der Waals surface area contributed by atoms with Crippen molar-refractivity contribution in [2.45, 2.75) is 99.4 Å². The van der Waals surface area contributed by atoms with Crippen LogP contribution in [0.3, 0.4) is 0 Å². The van der Waals surface area contributed by atoms with Gasteiger partial charge in [-0.2, -0.15) is 0 Å². The molecule has 3 fully saturated rings. The van der Waals surface area contributed by atoms with Crippen molar-refractivity contribution >= 4 is 12.0 Å². The molecule has 0 unspecified atom stereocenters. The van der Waals surface area contributed by atoms with Gasteiger partial charge >= 0.3 is 5.97 Å². The van der Waals surface area contributed by atoms with Crippen LogP contribution in [0.4, 0.5) is 0 Å². The van der Waals surface area contributed by atoms with Gasteiger partial charge in [-0.05, 0) is 54.8 Å².